The summed E-state index contributed by atoms with van der Waals surface area (Å²) in [6.07, 6.45) is 2.76. The predicted molar refractivity (Wildman–Crippen MR) is 143 cm³/mol. The van der Waals surface area contributed by atoms with Crippen molar-refractivity contribution in [3.63, 3.8) is 0 Å². The zero-order chi connectivity index (χ0) is 24.1. The summed E-state index contributed by atoms with van der Waals surface area (Å²) in [6, 6.07) is 21.1. The minimum atomic E-state index is -0.0161. The molecule has 1 saturated heterocycles. The molecular formula is C27H24Cl2N2O2S. The lowest BCUT2D eigenvalue weighted by molar-refractivity contribution is -0.122. The van der Waals surface area contributed by atoms with Gasteiger partial charge in [0.1, 0.15) is 12.4 Å². The minimum Gasteiger partial charge on any atom is -0.489 e. The molecule has 0 bridgehead atoms. The van der Waals surface area contributed by atoms with Crippen LogP contribution < -0.4 is 4.74 Å². The maximum absolute atomic E-state index is 13.0. The second-order valence-electron chi connectivity index (χ2n) is 7.90. The first-order chi connectivity index (χ1) is 16.4. The van der Waals surface area contributed by atoms with Gasteiger partial charge in [0.05, 0.1) is 20.6 Å². The summed E-state index contributed by atoms with van der Waals surface area (Å²) in [5.74, 6) is 0.713. The first-order valence-corrected chi connectivity index (χ1v) is 12.5. The number of amides is 1. The Morgan fingerprint density at radius 2 is 1.74 bits per heavy atom. The van der Waals surface area contributed by atoms with Crippen molar-refractivity contribution in [2.24, 2.45) is 4.99 Å². The van der Waals surface area contributed by atoms with Crippen LogP contribution in [-0.4, -0.2) is 22.5 Å². The highest BCUT2D eigenvalue weighted by Crippen LogP contribution is 2.34. The third kappa shape index (κ3) is 6.03. The fraction of sp³-hybridized carbons (Fsp3) is 0.185. The average Bonchev–Trinajstić information content (AvgIpc) is 3.11. The molecule has 0 saturated carbocycles. The Balaban J connectivity index is 1.47. The molecule has 0 spiro atoms. The van der Waals surface area contributed by atoms with Crippen molar-refractivity contribution >= 4 is 57.8 Å². The number of carbonyl (C=O) groups excluding carboxylic acids is 1. The normalized spacial score (nSPS) is 16.0. The molecule has 1 fully saturated rings. The predicted octanol–water partition coefficient (Wildman–Crippen LogP) is 7.89. The van der Waals surface area contributed by atoms with Gasteiger partial charge in [-0.3, -0.25) is 9.69 Å². The molecule has 1 heterocycles. The summed E-state index contributed by atoms with van der Waals surface area (Å²) in [5.41, 5.74) is 3.87. The molecule has 0 N–H and O–H groups in total. The van der Waals surface area contributed by atoms with E-state index in [1.165, 1.54) is 17.3 Å². The molecule has 174 valence electrons. The lowest BCUT2D eigenvalue weighted by atomic mass is 10.2. The van der Waals surface area contributed by atoms with Crippen LogP contribution in [0.3, 0.4) is 0 Å². The molecule has 0 aliphatic carbocycles. The van der Waals surface area contributed by atoms with Gasteiger partial charge in [-0.25, -0.2) is 4.99 Å². The van der Waals surface area contributed by atoms with Crippen molar-refractivity contribution < 1.29 is 9.53 Å². The van der Waals surface area contributed by atoms with Gasteiger partial charge in [-0.05, 0) is 78.7 Å². The van der Waals surface area contributed by atoms with Gasteiger partial charge in [0.2, 0.25) is 0 Å². The number of benzene rings is 3. The second-order valence-corrected chi connectivity index (χ2v) is 9.73. The lowest BCUT2D eigenvalue weighted by Crippen LogP contribution is -2.29. The molecule has 0 aromatic heterocycles. The molecule has 7 heteroatoms. The quantitative estimate of drug-likeness (QED) is 0.303. The first kappa shape index (κ1) is 24.4. The van der Waals surface area contributed by atoms with E-state index in [1.54, 1.807) is 17.0 Å². The van der Waals surface area contributed by atoms with Gasteiger partial charge in [-0.2, -0.15) is 0 Å². The highest BCUT2D eigenvalue weighted by atomic mass is 35.5. The topological polar surface area (TPSA) is 41.9 Å². The summed E-state index contributed by atoms with van der Waals surface area (Å²) in [5, 5.41) is 1.74. The Kier molecular flexibility index (Phi) is 7.99. The van der Waals surface area contributed by atoms with Crippen LogP contribution >= 0.6 is 35.0 Å². The Morgan fingerprint density at radius 1 is 1.00 bits per heavy atom. The summed E-state index contributed by atoms with van der Waals surface area (Å²) in [4.78, 5) is 20.2. The number of hydrogen-bond donors (Lipinski definition) is 0. The van der Waals surface area contributed by atoms with Crippen molar-refractivity contribution in [2.75, 3.05) is 6.54 Å². The van der Waals surface area contributed by atoms with Gasteiger partial charge in [-0.15, -0.1) is 0 Å². The van der Waals surface area contributed by atoms with Gasteiger partial charge in [0, 0.05) is 6.54 Å². The van der Waals surface area contributed by atoms with E-state index in [9.17, 15) is 4.79 Å². The number of aryl methyl sites for hydroxylation is 1. The molecular weight excluding hydrogens is 487 g/mol. The third-order valence-corrected chi connectivity index (χ3v) is 6.91. The molecule has 0 unspecified atom stereocenters. The van der Waals surface area contributed by atoms with E-state index in [1.807, 2.05) is 67.6 Å². The van der Waals surface area contributed by atoms with Crippen LogP contribution in [0, 0.1) is 6.92 Å². The van der Waals surface area contributed by atoms with E-state index < -0.39 is 0 Å². The smallest absolute Gasteiger partial charge is 0.266 e. The van der Waals surface area contributed by atoms with Crippen molar-refractivity contribution in [2.45, 2.75) is 26.9 Å². The lowest BCUT2D eigenvalue weighted by Gasteiger charge is -2.13. The first-order valence-electron chi connectivity index (χ1n) is 11.0. The van der Waals surface area contributed by atoms with E-state index in [0.717, 1.165) is 29.0 Å². The van der Waals surface area contributed by atoms with Gasteiger partial charge >= 0.3 is 0 Å². The molecule has 3 aromatic rings. The third-order valence-electron chi connectivity index (χ3n) is 5.16. The number of rotatable bonds is 7. The van der Waals surface area contributed by atoms with Crippen molar-refractivity contribution in [3.05, 3.63) is 98.4 Å². The van der Waals surface area contributed by atoms with Crippen LogP contribution in [-0.2, 0) is 11.4 Å². The zero-order valence-electron chi connectivity index (χ0n) is 18.9. The SMILES string of the molecule is CCCN1C(=O)/C(=C\c2ccc(OCc3ccc(Cl)c(Cl)c3)cc2)SC1=Nc1ccc(C)cc1. The van der Waals surface area contributed by atoms with Gasteiger partial charge in [-0.1, -0.05) is 66.0 Å². The van der Waals surface area contributed by atoms with Gasteiger partial charge < -0.3 is 4.74 Å². The zero-order valence-corrected chi connectivity index (χ0v) is 21.3. The van der Waals surface area contributed by atoms with Crippen LogP contribution in [0.4, 0.5) is 5.69 Å². The summed E-state index contributed by atoms with van der Waals surface area (Å²) >= 11 is 13.4. The van der Waals surface area contributed by atoms with Gasteiger partial charge in [0.25, 0.3) is 5.91 Å². The fourth-order valence-corrected chi connectivity index (χ4v) is 4.69. The van der Waals surface area contributed by atoms with E-state index in [0.29, 0.717) is 33.3 Å². The molecule has 1 aliphatic rings. The van der Waals surface area contributed by atoms with Crippen LogP contribution in [0.15, 0.2) is 76.6 Å². The van der Waals surface area contributed by atoms with Crippen LogP contribution in [0.5, 0.6) is 5.75 Å². The second kappa shape index (κ2) is 11.1. The number of hydrogen-bond acceptors (Lipinski definition) is 4. The Morgan fingerprint density at radius 3 is 2.41 bits per heavy atom. The number of nitrogens with zero attached hydrogens (tertiary/aromatic N) is 2. The highest BCUT2D eigenvalue weighted by molar-refractivity contribution is 8.18. The molecule has 0 radical (unpaired) electrons. The summed E-state index contributed by atoms with van der Waals surface area (Å²) < 4.78 is 5.85. The van der Waals surface area contributed by atoms with Crippen molar-refractivity contribution in [3.8, 4) is 5.75 Å². The maximum Gasteiger partial charge on any atom is 0.266 e. The summed E-state index contributed by atoms with van der Waals surface area (Å²) in [6.45, 7) is 5.12. The number of ether oxygens (including phenoxy) is 1. The van der Waals surface area contributed by atoms with E-state index in [4.69, 9.17) is 32.9 Å². The summed E-state index contributed by atoms with van der Waals surface area (Å²) in [7, 11) is 0. The molecule has 34 heavy (non-hydrogen) atoms. The standard InChI is InChI=1S/C27H24Cl2N2O2S/c1-3-14-31-26(32)25(34-27(31)30-21-9-4-18(2)5-10-21)16-19-6-11-22(12-7-19)33-17-20-8-13-23(28)24(29)15-20/h4-13,15-16H,3,14,17H2,1-2H3/b25-16+,30-27?. The van der Waals surface area contributed by atoms with Crippen molar-refractivity contribution in [1.82, 2.24) is 4.90 Å². The molecule has 0 atom stereocenters. The van der Waals surface area contributed by atoms with Gasteiger partial charge in [0.15, 0.2) is 5.17 Å². The Hall–Kier alpha value is -2.73. The Bertz CT molecular complexity index is 1240. The number of carbonyl (C=O) groups is 1. The maximum atomic E-state index is 13.0. The minimum absolute atomic E-state index is 0.0161. The largest absolute Gasteiger partial charge is 0.489 e. The number of halogens is 2. The molecule has 1 aliphatic heterocycles. The van der Waals surface area contributed by atoms with Crippen LogP contribution in [0.2, 0.25) is 10.0 Å². The van der Waals surface area contributed by atoms with Crippen molar-refractivity contribution in [1.29, 1.82) is 0 Å². The van der Waals surface area contributed by atoms with E-state index >= 15 is 0 Å². The van der Waals surface area contributed by atoms with Crippen LogP contribution in [0.1, 0.15) is 30.0 Å². The number of aliphatic imine (C=N–C) groups is 1. The monoisotopic (exact) mass is 510 g/mol. The van der Waals surface area contributed by atoms with E-state index in [-0.39, 0.29) is 5.91 Å². The molecule has 3 aromatic carbocycles. The van der Waals surface area contributed by atoms with Crippen LogP contribution in [0.25, 0.3) is 6.08 Å². The van der Waals surface area contributed by atoms with E-state index in [2.05, 4.69) is 6.92 Å². The number of amidine groups is 1. The molecule has 4 rings (SSSR count). The average molecular weight is 511 g/mol. The molecule has 4 nitrogen and oxygen atoms in total. The molecule has 1 amide bonds. The fourth-order valence-electron chi connectivity index (χ4n) is 3.35. The Labute approximate surface area is 214 Å². The number of thioether (sulfide) groups is 1. The highest BCUT2D eigenvalue weighted by Gasteiger charge is 2.32.